The monoisotopic (exact) mass is 235 g/mol. The van der Waals surface area contributed by atoms with E-state index in [1.807, 2.05) is 0 Å². The summed E-state index contributed by atoms with van der Waals surface area (Å²) in [6, 6.07) is 0.681. The number of nitrogens with one attached hydrogen (secondary N) is 1. The molecule has 1 N–H and O–H groups in total. The van der Waals surface area contributed by atoms with Gasteiger partial charge in [0.25, 0.3) is 0 Å². The zero-order valence-corrected chi connectivity index (χ0v) is 11.7. The average Bonchev–Trinajstić information content (AvgIpc) is 3.00. The van der Waals surface area contributed by atoms with Gasteiger partial charge in [0.15, 0.2) is 0 Å². The molecule has 2 aliphatic rings. The lowest BCUT2D eigenvalue weighted by molar-refractivity contribution is 0.385. The summed E-state index contributed by atoms with van der Waals surface area (Å²) in [6.07, 6.45) is 15.0. The topological polar surface area (TPSA) is 12.0 Å². The van der Waals surface area contributed by atoms with Crippen molar-refractivity contribution in [2.45, 2.75) is 77.7 Å². The fourth-order valence-corrected chi connectivity index (χ4v) is 3.08. The van der Waals surface area contributed by atoms with Gasteiger partial charge in [-0.2, -0.15) is 0 Å². The number of hydrogen-bond donors (Lipinski definition) is 1. The van der Waals surface area contributed by atoms with E-state index in [0.717, 1.165) is 0 Å². The molecule has 0 aromatic rings. The van der Waals surface area contributed by atoms with Gasteiger partial charge in [-0.05, 0) is 56.9 Å². The van der Waals surface area contributed by atoms with Gasteiger partial charge in [0.1, 0.15) is 0 Å². The van der Waals surface area contributed by atoms with Gasteiger partial charge in [-0.25, -0.2) is 0 Å². The van der Waals surface area contributed by atoms with Crippen molar-refractivity contribution in [3.05, 3.63) is 11.6 Å². The van der Waals surface area contributed by atoms with Crippen LogP contribution in [-0.2, 0) is 0 Å². The van der Waals surface area contributed by atoms with E-state index in [4.69, 9.17) is 0 Å². The maximum Gasteiger partial charge on any atom is 0.0333 e. The van der Waals surface area contributed by atoms with Gasteiger partial charge in [-0.1, -0.05) is 38.3 Å². The Morgan fingerprint density at radius 2 is 2.00 bits per heavy atom. The van der Waals surface area contributed by atoms with Crippen molar-refractivity contribution >= 4 is 0 Å². The lowest BCUT2D eigenvalue weighted by Crippen LogP contribution is -2.38. The van der Waals surface area contributed by atoms with Gasteiger partial charge in [-0.15, -0.1) is 0 Å². The first-order valence-electron chi connectivity index (χ1n) is 7.68. The predicted molar refractivity (Wildman–Crippen MR) is 75.2 cm³/mol. The summed E-state index contributed by atoms with van der Waals surface area (Å²) in [5.41, 5.74) is 2.32. The molecule has 1 saturated carbocycles. The fourth-order valence-electron chi connectivity index (χ4n) is 3.08. The van der Waals surface area contributed by atoms with Crippen molar-refractivity contribution in [3.63, 3.8) is 0 Å². The zero-order valence-electron chi connectivity index (χ0n) is 11.7. The van der Waals surface area contributed by atoms with Gasteiger partial charge in [0, 0.05) is 6.04 Å². The number of hydrogen-bond acceptors (Lipinski definition) is 1. The van der Waals surface area contributed by atoms with Gasteiger partial charge in [0.2, 0.25) is 0 Å². The molecule has 17 heavy (non-hydrogen) atoms. The Balaban J connectivity index is 2.02. The molecule has 1 heteroatoms. The third-order valence-electron chi connectivity index (χ3n) is 4.53. The van der Waals surface area contributed by atoms with Crippen molar-refractivity contribution < 1.29 is 0 Å². The molecule has 0 saturated heterocycles. The standard InChI is InChI=1S/C16H29N/c1-3-13-17-15(16(2)11-12-16)14-9-7-5-4-6-8-10-14/h9,15,17H,3-8,10-13H2,1-2H3. The summed E-state index contributed by atoms with van der Waals surface area (Å²) in [4.78, 5) is 0. The van der Waals surface area contributed by atoms with E-state index in [9.17, 15) is 0 Å². The largest absolute Gasteiger partial charge is 0.310 e. The van der Waals surface area contributed by atoms with Crippen molar-refractivity contribution in [1.82, 2.24) is 5.32 Å². The zero-order chi connectivity index (χ0) is 12.1. The number of allylic oxidation sites excluding steroid dienone is 1. The predicted octanol–water partition coefficient (Wildman–Crippen LogP) is 4.44. The molecule has 0 amide bonds. The molecular formula is C16H29N. The Hall–Kier alpha value is -0.300. The molecule has 0 radical (unpaired) electrons. The van der Waals surface area contributed by atoms with Crippen LogP contribution in [0, 0.1) is 5.41 Å². The first-order valence-corrected chi connectivity index (χ1v) is 7.68. The van der Waals surface area contributed by atoms with Crippen LogP contribution in [0.25, 0.3) is 0 Å². The van der Waals surface area contributed by atoms with Crippen LogP contribution in [0.5, 0.6) is 0 Å². The van der Waals surface area contributed by atoms with Crippen LogP contribution in [0.3, 0.4) is 0 Å². The van der Waals surface area contributed by atoms with Crippen LogP contribution in [0.15, 0.2) is 11.6 Å². The van der Waals surface area contributed by atoms with Crippen molar-refractivity contribution in [2.24, 2.45) is 5.41 Å². The molecular weight excluding hydrogens is 206 g/mol. The molecule has 0 bridgehead atoms. The molecule has 0 aliphatic heterocycles. The molecule has 98 valence electrons. The maximum atomic E-state index is 3.82. The molecule has 0 aromatic carbocycles. The first-order chi connectivity index (χ1) is 8.26. The minimum Gasteiger partial charge on any atom is -0.310 e. The van der Waals surface area contributed by atoms with Crippen LogP contribution < -0.4 is 5.32 Å². The van der Waals surface area contributed by atoms with Gasteiger partial charge < -0.3 is 5.32 Å². The molecule has 0 aromatic heterocycles. The summed E-state index contributed by atoms with van der Waals surface area (Å²) >= 11 is 0. The van der Waals surface area contributed by atoms with E-state index in [2.05, 4.69) is 25.2 Å². The smallest absolute Gasteiger partial charge is 0.0333 e. The third-order valence-corrected chi connectivity index (χ3v) is 4.53. The minimum absolute atomic E-state index is 0.584. The van der Waals surface area contributed by atoms with Crippen LogP contribution in [0.2, 0.25) is 0 Å². The van der Waals surface area contributed by atoms with E-state index in [0.29, 0.717) is 11.5 Å². The van der Waals surface area contributed by atoms with E-state index in [1.165, 1.54) is 64.3 Å². The molecule has 0 spiro atoms. The maximum absolute atomic E-state index is 3.82. The SMILES string of the molecule is CCCNC(C1=CCCCCCC1)C1(C)CC1. The normalized spacial score (nSPS) is 25.6. The van der Waals surface area contributed by atoms with Crippen LogP contribution in [-0.4, -0.2) is 12.6 Å². The Labute approximate surface area is 107 Å². The third kappa shape index (κ3) is 3.58. The minimum atomic E-state index is 0.584. The highest BCUT2D eigenvalue weighted by atomic mass is 14.9. The quantitative estimate of drug-likeness (QED) is 0.695. The van der Waals surface area contributed by atoms with Crippen LogP contribution >= 0.6 is 0 Å². The van der Waals surface area contributed by atoms with Crippen LogP contribution in [0.4, 0.5) is 0 Å². The molecule has 2 rings (SSSR count). The van der Waals surface area contributed by atoms with Crippen molar-refractivity contribution in [1.29, 1.82) is 0 Å². The molecule has 0 heterocycles. The highest BCUT2D eigenvalue weighted by Gasteiger charge is 2.45. The average molecular weight is 235 g/mol. The molecule has 1 unspecified atom stereocenters. The number of rotatable bonds is 5. The summed E-state index contributed by atoms with van der Waals surface area (Å²) in [7, 11) is 0. The highest BCUT2D eigenvalue weighted by molar-refractivity contribution is 5.20. The summed E-state index contributed by atoms with van der Waals surface area (Å²) in [6.45, 7) is 5.92. The van der Waals surface area contributed by atoms with Crippen molar-refractivity contribution in [2.75, 3.05) is 6.54 Å². The second kappa shape index (κ2) is 6.04. The van der Waals surface area contributed by atoms with E-state index in [1.54, 1.807) is 5.57 Å². The fraction of sp³-hybridized carbons (Fsp3) is 0.875. The molecule has 2 aliphatic carbocycles. The highest BCUT2D eigenvalue weighted by Crippen LogP contribution is 2.50. The molecule has 1 atom stereocenters. The lowest BCUT2D eigenvalue weighted by atomic mass is 9.86. The van der Waals surface area contributed by atoms with Gasteiger partial charge in [-0.3, -0.25) is 0 Å². The van der Waals surface area contributed by atoms with Gasteiger partial charge >= 0.3 is 0 Å². The van der Waals surface area contributed by atoms with E-state index in [-0.39, 0.29) is 0 Å². The summed E-state index contributed by atoms with van der Waals surface area (Å²) < 4.78 is 0. The Morgan fingerprint density at radius 3 is 2.71 bits per heavy atom. The Kier molecular flexibility index (Phi) is 4.67. The Bertz CT molecular complexity index is 263. The van der Waals surface area contributed by atoms with Crippen LogP contribution in [0.1, 0.15) is 71.6 Å². The second-order valence-corrected chi connectivity index (χ2v) is 6.27. The lowest BCUT2D eigenvalue weighted by Gasteiger charge is -2.29. The Morgan fingerprint density at radius 1 is 1.24 bits per heavy atom. The van der Waals surface area contributed by atoms with Gasteiger partial charge in [0.05, 0.1) is 0 Å². The van der Waals surface area contributed by atoms with E-state index < -0.39 is 0 Å². The van der Waals surface area contributed by atoms with Crippen molar-refractivity contribution in [3.8, 4) is 0 Å². The summed E-state index contributed by atoms with van der Waals surface area (Å²) in [5, 5.41) is 3.82. The molecule has 1 fully saturated rings. The van der Waals surface area contributed by atoms with E-state index >= 15 is 0 Å². The first kappa shape index (κ1) is 13.1. The summed E-state index contributed by atoms with van der Waals surface area (Å²) in [5.74, 6) is 0. The molecule has 1 nitrogen and oxygen atoms in total. The second-order valence-electron chi connectivity index (χ2n) is 6.27.